The summed E-state index contributed by atoms with van der Waals surface area (Å²) < 4.78 is 0. The monoisotopic (exact) mass is 281 g/mol. The molecule has 3 heteroatoms. The van der Waals surface area contributed by atoms with Gasteiger partial charge in [-0.25, -0.2) is 0 Å². The lowest BCUT2D eigenvalue weighted by atomic mass is 10.00. The third-order valence-electron chi connectivity index (χ3n) is 4.41. The van der Waals surface area contributed by atoms with E-state index in [1.165, 1.54) is 29.5 Å². The third kappa shape index (κ3) is 2.99. The zero-order valence-corrected chi connectivity index (χ0v) is 12.6. The second-order valence-electron chi connectivity index (χ2n) is 5.85. The van der Waals surface area contributed by atoms with Crippen molar-refractivity contribution in [1.29, 1.82) is 0 Å². The maximum Gasteiger partial charge on any atom is 0.0476 e. The second kappa shape index (κ2) is 6.37. The van der Waals surface area contributed by atoms with Crippen LogP contribution in [0.4, 0.5) is 0 Å². The Hall–Kier alpha value is -1.71. The molecule has 0 amide bonds. The van der Waals surface area contributed by atoms with Crippen molar-refractivity contribution in [2.75, 3.05) is 13.1 Å². The van der Waals surface area contributed by atoms with Crippen molar-refractivity contribution in [3.63, 3.8) is 0 Å². The van der Waals surface area contributed by atoms with Crippen LogP contribution >= 0.6 is 0 Å². The number of nitrogens with two attached hydrogens (primary N) is 1. The highest BCUT2D eigenvalue weighted by atomic mass is 15.2. The van der Waals surface area contributed by atoms with E-state index in [2.05, 4.69) is 47.1 Å². The molecular weight excluding hydrogens is 258 g/mol. The van der Waals surface area contributed by atoms with Crippen LogP contribution in [0.2, 0.25) is 0 Å². The van der Waals surface area contributed by atoms with Gasteiger partial charge in [-0.15, -0.1) is 0 Å². The first-order valence-electron chi connectivity index (χ1n) is 7.72. The van der Waals surface area contributed by atoms with E-state index < -0.39 is 0 Å². The highest BCUT2D eigenvalue weighted by Crippen LogP contribution is 2.38. The topological polar surface area (TPSA) is 42.1 Å². The van der Waals surface area contributed by atoms with E-state index >= 15 is 0 Å². The van der Waals surface area contributed by atoms with Crippen LogP contribution in [-0.4, -0.2) is 23.0 Å². The first-order chi connectivity index (χ1) is 10.3. The number of nitrogens with zero attached hydrogens (tertiary/aromatic N) is 2. The van der Waals surface area contributed by atoms with E-state index in [0.717, 1.165) is 6.54 Å². The van der Waals surface area contributed by atoms with Gasteiger partial charge in [0.25, 0.3) is 0 Å². The molecule has 1 saturated heterocycles. The molecule has 3 nitrogen and oxygen atoms in total. The average Bonchev–Trinajstić information content (AvgIpc) is 2.98. The summed E-state index contributed by atoms with van der Waals surface area (Å²) in [5.41, 5.74) is 10.0. The maximum absolute atomic E-state index is 6.12. The van der Waals surface area contributed by atoms with E-state index in [0.29, 0.717) is 12.6 Å². The number of pyridine rings is 1. The number of hydrogen-bond donors (Lipinski definition) is 1. The lowest BCUT2D eigenvalue weighted by Gasteiger charge is -2.33. The molecule has 2 heterocycles. The summed E-state index contributed by atoms with van der Waals surface area (Å²) in [6, 6.07) is 13.7. The summed E-state index contributed by atoms with van der Waals surface area (Å²) in [6.45, 7) is 3.90. The lowest BCUT2D eigenvalue weighted by molar-refractivity contribution is 0.185. The van der Waals surface area contributed by atoms with Crippen molar-refractivity contribution in [2.45, 2.75) is 31.8 Å². The van der Waals surface area contributed by atoms with Crippen molar-refractivity contribution in [3.8, 4) is 0 Å². The molecule has 110 valence electrons. The Morgan fingerprint density at radius 2 is 2.24 bits per heavy atom. The fraction of sp³-hybridized carbons (Fsp3) is 0.389. The van der Waals surface area contributed by atoms with Gasteiger partial charge in [0.2, 0.25) is 0 Å². The van der Waals surface area contributed by atoms with Crippen LogP contribution in [0.5, 0.6) is 0 Å². The van der Waals surface area contributed by atoms with Crippen molar-refractivity contribution in [1.82, 2.24) is 9.88 Å². The highest BCUT2D eigenvalue weighted by Gasteiger charge is 2.31. The molecule has 0 aliphatic carbocycles. The maximum atomic E-state index is 6.12. The minimum atomic E-state index is 0.289. The van der Waals surface area contributed by atoms with Gasteiger partial charge >= 0.3 is 0 Å². The van der Waals surface area contributed by atoms with Crippen molar-refractivity contribution in [2.24, 2.45) is 5.73 Å². The van der Waals surface area contributed by atoms with Gasteiger partial charge in [-0.1, -0.05) is 35.9 Å². The summed E-state index contributed by atoms with van der Waals surface area (Å²) in [5, 5.41) is 0. The second-order valence-corrected chi connectivity index (χ2v) is 5.85. The van der Waals surface area contributed by atoms with Crippen LogP contribution < -0.4 is 5.73 Å². The molecule has 0 saturated carbocycles. The molecule has 1 fully saturated rings. The Bertz CT molecular complexity index is 582. The fourth-order valence-electron chi connectivity index (χ4n) is 3.43. The van der Waals surface area contributed by atoms with Gasteiger partial charge in [0.05, 0.1) is 0 Å². The fourth-order valence-corrected chi connectivity index (χ4v) is 3.43. The highest BCUT2D eigenvalue weighted by molar-refractivity contribution is 5.27. The van der Waals surface area contributed by atoms with Gasteiger partial charge in [-0.2, -0.15) is 0 Å². The smallest absolute Gasteiger partial charge is 0.0476 e. The molecule has 1 aromatic carbocycles. The van der Waals surface area contributed by atoms with E-state index in [1.54, 1.807) is 0 Å². The third-order valence-corrected chi connectivity index (χ3v) is 4.41. The molecule has 2 atom stereocenters. The molecule has 21 heavy (non-hydrogen) atoms. The molecule has 2 N–H and O–H groups in total. The average molecular weight is 281 g/mol. The lowest BCUT2D eigenvalue weighted by Crippen LogP contribution is -2.33. The number of aryl methyl sites for hydroxylation is 1. The van der Waals surface area contributed by atoms with Gasteiger partial charge in [0.15, 0.2) is 0 Å². The van der Waals surface area contributed by atoms with E-state index in [9.17, 15) is 0 Å². The minimum Gasteiger partial charge on any atom is -0.329 e. The van der Waals surface area contributed by atoms with Crippen LogP contribution in [-0.2, 0) is 0 Å². The summed E-state index contributed by atoms with van der Waals surface area (Å²) in [4.78, 5) is 6.83. The molecule has 3 rings (SSSR count). The summed E-state index contributed by atoms with van der Waals surface area (Å²) >= 11 is 0. The normalized spacial score (nSPS) is 20.6. The van der Waals surface area contributed by atoms with Crippen molar-refractivity contribution in [3.05, 3.63) is 65.5 Å². The van der Waals surface area contributed by atoms with Crippen LogP contribution in [0.1, 0.15) is 41.6 Å². The Kier molecular flexibility index (Phi) is 4.32. The van der Waals surface area contributed by atoms with E-state index in [4.69, 9.17) is 5.73 Å². The first kappa shape index (κ1) is 14.2. The zero-order valence-electron chi connectivity index (χ0n) is 12.6. The van der Waals surface area contributed by atoms with Crippen LogP contribution in [0.15, 0.2) is 48.8 Å². The van der Waals surface area contributed by atoms with Gasteiger partial charge in [0, 0.05) is 31.0 Å². The van der Waals surface area contributed by atoms with E-state index in [-0.39, 0.29) is 6.04 Å². The van der Waals surface area contributed by atoms with E-state index in [1.807, 2.05) is 18.5 Å². The Morgan fingerprint density at radius 1 is 1.33 bits per heavy atom. The predicted octanol–water partition coefficient (Wildman–Crippen LogP) is 3.23. The van der Waals surface area contributed by atoms with Gasteiger partial charge in [0.1, 0.15) is 0 Å². The SMILES string of the molecule is Cc1cccc(C(CN)N2CCCC2c2cccnc2)c1. The molecule has 1 aliphatic heterocycles. The molecule has 0 spiro atoms. The number of hydrogen-bond acceptors (Lipinski definition) is 3. The van der Waals surface area contributed by atoms with Crippen LogP contribution in [0.25, 0.3) is 0 Å². The molecule has 0 radical (unpaired) electrons. The molecule has 1 aliphatic rings. The molecule has 0 bridgehead atoms. The minimum absolute atomic E-state index is 0.289. The predicted molar refractivity (Wildman–Crippen MR) is 85.9 cm³/mol. The van der Waals surface area contributed by atoms with Crippen LogP contribution in [0.3, 0.4) is 0 Å². The molecular formula is C18H23N3. The number of likely N-dealkylation sites (tertiary alicyclic amines) is 1. The summed E-state index contributed by atoms with van der Waals surface area (Å²) in [6.07, 6.45) is 6.24. The molecule has 1 aromatic heterocycles. The van der Waals surface area contributed by atoms with Crippen molar-refractivity contribution < 1.29 is 0 Å². The quantitative estimate of drug-likeness (QED) is 0.935. The van der Waals surface area contributed by atoms with Gasteiger partial charge in [-0.05, 0) is 43.5 Å². The zero-order chi connectivity index (χ0) is 14.7. The first-order valence-corrected chi connectivity index (χ1v) is 7.72. The van der Waals surface area contributed by atoms with Gasteiger partial charge in [-0.3, -0.25) is 9.88 Å². The Balaban J connectivity index is 1.89. The number of aromatic nitrogens is 1. The largest absolute Gasteiger partial charge is 0.329 e. The Morgan fingerprint density at radius 3 is 2.95 bits per heavy atom. The Labute approximate surface area is 126 Å². The summed E-state index contributed by atoms with van der Waals surface area (Å²) in [7, 11) is 0. The van der Waals surface area contributed by atoms with Crippen LogP contribution in [0, 0.1) is 6.92 Å². The van der Waals surface area contributed by atoms with Crippen molar-refractivity contribution >= 4 is 0 Å². The van der Waals surface area contributed by atoms with Gasteiger partial charge < -0.3 is 5.73 Å². The number of benzene rings is 1. The number of rotatable bonds is 4. The molecule has 2 unspecified atom stereocenters. The summed E-state index contributed by atoms with van der Waals surface area (Å²) in [5.74, 6) is 0. The molecule has 2 aromatic rings. The standard InChI is InChI=1S/C18H23N3/c1-14-5-2-6-15(11-14)18(12-19)21-10-4-8-17(21)16-7-3-9-20-13-16/h2-3,5-7,9,11,13,17-18H,4,8,10,12,19H2,1H3.